The second-order valence-electron chi connectivity index (χ2n) is 9.50. The van der Waals surface area contributed by atoms with Gasteiger partial charge in [0.1, 0.15) is 12.2 Å². The molecule has 0 saturated heterocycles. The molecule has 0 aliphatic heterocycles. The van der Waals surface area contributed by atoms with E-state index in [0.29, 0.717) is 5.56 Å². The number of halogens is 2. The van der Waals surface area contributed by atoms with Crippen molar-refractivity contribution in [2.75, 3.05) is 0 Å². The quantitative estimate of drug-likeness (QED) is 0.270. The molecule has 4 rings (SSSR count). The van der Waals surface area contributed by atoms with Crippen molar-refractivity contribution < 1.29 is 23.7 Å². The minimum Gasteiger partial charge on any atom is -0.436 e. The Morgan fingerprint density at radius 1 is 1.10 bits per heavy atom. The number of nitriles is 1. The number of rotatable bonds is 8. The van der Waals surface area contributed by atoms with Gasteiger partial charge < -0.3 is 18.9 Å². The summed E-state index contributed by atoms with van der Waals surface area (Å²) in [6, 6.07) is 5.81. The molecule has 1 aliphatic rings. The Labute approximate surface area is 243 Å². The third-order valence-corrected chi connectivity index (χ3v) is 6.67. The number of carbonyl (C=O) groups is 1. The lowest BCUT2D eigenvalue weighted by atomic mass is 9.98. The number of ether oxygens (including phenoxy) is 4. The standard InChI is InChI=1S/C26H26Cl2N6O7/c1-13(2)17-11-21(31-32-24(17)38-14(3)39-26(37)40-16-7-5-4-6-8-16)41-22-18(27)9-15(10-19(22)28)34-25(36)30-23(35)20(12-29)33-34/h9-11,13-14,16H,4-8H2,1-3H3,(H,30,35,36). The van der Waals surface area contributed by atoms with Crippen molar-refractivity contribution in [2.24, 2.45) is 0 Å². The lowest BCUT2D eigenvalue weighted by Gasteiger charge is -2.23. The van der Waals surface area contributed by atoms with Crippen molar-refractivity contribution in [2.45, 2.75) is 71.2 Å². The number of aromatic nitrogens is 5. The van der Waals surface area contributed by atoms with Crippen LogP contribution < -0.4 is 20.7 Å². The molecule has 0 bridgehead atoms. The Morgan fingerprint density at radius 2 is 1.78 bits per heavy atom. The number of H-pyrrole nitrogens is 1. The van der Waals surface area contributed by atoms with Gasteiger partial charge in [0, 0.05) is 18.6 Å². The number of carbonyl (C=O) groups excluding carboxylic acids is 1. The zero-order chi connectivity index (χ0) is 29.7. The number of hydrogen-bond acceptors (Lipinski definition) is 11. The molecule has 0 radical (unpaired) electrons. The van der Waals surface area contributed by atoms with Gasteiger partial charge in [-0.3, -0.25) is 9.78 Å². The van der Waals surface area contributed by atoms with Crippen LogP contribution in [0, 0.1) is 11.3 Å². The highest BCUT2D eigenvalue weighted by Gasteiger charge is 2.23. The first-order valence-electron chi connectivity index (χ1n) is 12.8. The van der Waals surface area contributed by atoms with Gasteiger partial charge in [-0.15, -0.1) is 15.3 Å². The molecule has 3 aromatic rings. The van der Waals surface area contributed by atoms with E-state index in [0.717, 1.165) is 36.8 Å². The summed E-state index contributed by atoms with van der Waals surface area (Å²) in [6.07, 6.45) is 2.85. The second-order valence-corrected chi connectivity index (χ2v) is 10.3. The number of hydrogen-bond donors (Lipinski definition) is 1. The Kier molecular flexibility index (Phi) is 9.46. The van der Waals surface area contributed by atoms with Gasteiger partial charge >= 0.3 is 11.8 Å². The van der Waals surface area contributed by atoms with E-state index in [9.17, 15) is 14.4 Å². The fourth-order valence-corrected chi connectivity index (χ4v) is 4.67. The summed E-state index contributed by atoms with van der Waals surface area (Å²) in [5.41, 5.74) is -1.64. The summed E-state index contributed by atoms with van der Waals surface area (Å²) >= 11 is 12.8. The minimum atomic E-state index is -0.993. The number of benzene rings is 1. The van der Waals surface area contributed by atoms with E-state index >= 15 is 0 Å². The summed E-state index contributed by atoms with van der Waals surface area (Å²) in [6.45, 7) is 5.34. The van der Waals surface area contributed by atoms with Crippen molar-refractivity contribution in [3.63, 3.8) is 0 Å². The summed E-state index contributed by atoms with van der Waals surface area (Å²) in [7, 11) is 0. The number of nitrogens with zero attached hydrogens (tertiary/aromatic N) is 5. The zero-order valence-electron chi connectivity index (χ0n) is 22.3. The first kappa shape index (κ1) is 29.8. The van der Waals surface area contributed by atoms with Crippen molar-refractivity contribution in [3.05, 3.63) is 60.3 Å². The van der Waals surface area contributed by atoms with Gasteiger partial charge in [0.05, 0.1) is 15.7 Å². The molecule has 0 spiro atoms. The minimum absolute atomic E-state index is 0.00916. The van der Waals surface area contributed by atoms with Crippen molar-refractivity contribution in [1.82, 2.24) is 25.0 Å². The van der Waals surface area contributed by atoms with E-state index in [1.54, 1.807) is 19.1 Å². The van der Waals surface area contributed by atoms with Crippen molar-refractivity contribution >= 4 is 29.4 Å². The molecule has 216 valence electrons. The fourth-order valence-electron chi connectivity index (χ4n) is 4.11. The number of nitrogens with one attached hydrogen (secondary N) is 1. The molecule has 0 amide bonds. The van der Waals surface area contributed by atoms with Gasteiger partial charge in [0.2, 0.25) is 23.7 Å². The van der Waals surface area contributed by atoms with Gasteiger partial charge in [-0.1, -0.05) is 43.5 Å². The van der Waals surface area contributed by atoms with Gasteiger partial charge in [-0.25, -0.2) is 9.59 Å². The third-order valence-electron chi connectivity index (χ3n) is 6.11. The maximum absolute atomic E-state index is 12.2. The van der Waals surface area contributed by atoms with E-state index in [4.69, 9.17) is 47.4 Å². The molecule has 1 N–H and O–H groups in total. The largest absolute Gasteiger partial charge is 0.511 e. The summed E-state index contributed by atoms with van der Waals surface area (Å²) in [5, 5.41) is 20.9. The normalized spacial score (nSPS) is 14.3. The third kappa shape index (κ3) is 7.33. The molecule has 1 aliphatic carbocycles. The molecule has 1 saturated carbocycles. The van der Waals surface area contributed by atoms with E-state index in [1.165, 1.54) is 12.1 Å². The molecular weight excluding hydrogens is 579 g/mol. The highest BCUT2D eigenvalue weighted by molar-refractivity contribution is 6.37. The van der Waals surface area contributed by atoms with Crippen LogP contribution in [0.3, 0.4) is 0 Å². The van der Waals surface area contributed by atoms with Crippen LogP contribution in [0.5, 0.6) is 17.5 Å². The average molecular weight is 605 g/mol. The van der Waals surface area contributed by atoms with Crippen LogP contribution in [-0.2, 0) is 9.47 Å². The van der Waals surface area contributed by atoms with Crippen molar-refractivity contribution in [1.29, 1.82) is 5.26 Å². The van der Waals surface area contributed by atoms with Gasteiger partial charge in [0.25, 0.3) is 5.56 Å². The van der Waals surface area contributed by atoms with E-state index in [1.807, 2.05) is 18.8 Å². The van der Waals surface area contributed by atoms with Gasteiger partial charge in [-0.2, -0.15) is 9.94 Å². The maximum Gasteiger partial charge on any atom is 0.511 e. The van der Waals surface area contributed by atoms with Gasteiger partial charge in [-0.05, 0) is 43.7 Å². The predicted octanol–water partition coefficient (Wildman–Crippen LogP) is 5.02. The van der Waals surface area contributed by atoms with Gasteiger partial charge in [0.15, 0.2) is 5.75 Å². The first-order chi connectivity index (χ1) is 19.5. The molecular formula is C26H26Cl2N6O7. The summed E-state index contributed by atoms with van der Waals surface area (Å²) in [4.78, 5) is 38.0. The highest BCUT2D eigenvalue weighted by atomic mass is 35.5. The lowest BCUT2D eigenvalue weighted by Crippen LogP contribution is -2.33. The summed E-state index contributed by atoms with van der Waals surface area (Å²) in [5.74, 6) is 0.0867. The summed E-state index contributed by atoms with van der Waals surface area (Å²) < 4.78 is 22.9. The van der Waals surface area contributed by atoms with Crippen molar-refractivity contribution in [3.8, 4) is 29.3 Å². The van der Waals surface area contributed by atoms with E-state index in [-0.39, 0.29) is 45.3 Å². The molecule has 13 nitrogen and oxygen atoms in total. The molecule has 15 heteroatoms. The van der Waals surface area contributed by atoms with Crippen LogP contribution in [0.2, 0.25) is 10.0 Å². The molecule has 1 aromatic carbocycles. The Balaban J connectivity index is 1.50. The van der Waals surface area contributed by atoms with Crippen LogP contribution in [0.4, 0.5) is 4.79 Å². The molecule has 2 aromatic heterocycles. The first-order valence-corrected chi connectivity index (χ1v) is 13.5. The van der Waals surface area contributed by atoms with Crippen LogP contribution in [0.1, 0.15) is 70.1 Å². The SMILES string of the molecule is CC(OC(=O)OC1CCCCC1)Oc1nnc(Oc2c(Cl)cc(-n3nc(C#N)c(=O)[nH]c3=O)cc2Cl)cc1C(C)C. The highest BCUT2D eigenvalue weighted by Crippen LogP contribution is 2.38. The second kappa shape index (κ2) is 13.0. The molecule has 1 atom stereocenters. The topological polar surface area (TPSA) is 171 Å². The number of aromatic amines is 1. The molecule has 41 heavy (non-hydrogen) atoms. The average Bonchev–Trinajstić information content (AvgIpc) is 2.91. The fraction of sp³-hybridized carbons (Fsp3) is 0.423. The van der Waals surface area contributed by atoms with Crippen LogP contribution >= 0.6 is 23.2 Å². The van der Waals surface area contributed by atoms with E-state index < -0.39 is 29.4 Å². The monoisotopic (exact) mass is 604 g/mol. The smallest absolute Gasteiger partial charge is 0.436 e. The maximum atomic E-state index is 12.2. The molecule has 1 unspecified atom stereocenters. The Bertz CT molecular complexity index is 1570. The molecule has 2 heterocycles. The van der Waals surface area contributed by atoms with E-state index in [2.05, 4.69) is 15.3 Å². The zero-order valence-corrected chi connectivity index (χ0v) is 23.9. The van der Waals surface area contributed by atoms with Crippen LogP contribution in [-0.4, -0.2) is 43.5 Å². The lowest BCUT2D eigenvalue weighted by molar-refractivity contribution is -0.0705. The van der Waals surface area contributed by atoms with Crippen LogP contribution in [0.25, 0.3) is 5.69 Å². The van der Waals surface area contributed by atoms with Crippen LogP contribution in [0.15, 0.2) is 27.8 Å². The predicted molar refractivity (Wildman–Crippen MR) is 146 cm³/mol. The Hall–Kier alpha value is -4.15. The Morgan fingerprint density at radius 3 is 2.41 bits per heavy atom. The molecule has 1 fully saturated rings.